The third kappa shape index (κ3) is 2.35. The number of imide groups is 1. The highest BCUT2D eigenvalue weighted by atomic mass is 16.4. The third-order valence-electron chi connectivity index (χ3n) is 5.01. The van der Waals surface area contributed by atoms with Crippen molar-refractivity contribution in [2.75, 3.05) is 0 Å². The predicted molar refractivity (Wildman–Crippen MR) is 90.7 cm³/mol. The molecule has 1 aliphatic heterocycles. The molecule has 2 heterocycles. The van der Waals surface area contributed by atoms with Crippen molar-refractivity contribution in [3.05, 3.63) is 53.2 Å². The Morgan fingerprint density at radius 2 is 2.04 bits per heavy atom. The van der Waals surface area contributed by atoms with Gasteiger partial charge in [-0.2, -0.15) is 0 Å². The average molecular weight is 339 g/mol. The van der Waals surface area contributed by atoms with Gasteiger partial charge in [0.15, 0.2) is 0 Å². The van der Waals surface area contributed by atoms with Crippen LogP contribution in [0.5, 0.6) is 0 Å². The van der Waals surface area contributed by atoms with Crippen molar-refractivity contribution in [3.8, 4) is 0 Å². The van der Waals surface area contributed by atoms with Crippen LogP contribution in [0.4, 0.5) is 4.79 Å². The molecule has 1 aromatic heterocycles. The van der Waals surface area contributed by atoms with Crippen LogP contribution in [0.1, 0.15) is 50.0 Å². The van der Waals surface area contributed by atoms with E-state index in [1.54, 1.807) is 6.20 Å². The molecule has 0 radical (unpaired) electrons. The first-order valence-corrected chi connectivity index (χ1v) is 8.49. The Labute approximate surface area is 146 Å². The second-order valence-corrected chi connectivity index (χ2v) is 7.75. The number of carbonyl (C=O) groups is 2. The third-order valence-corrected chi connectivity index (χ3v) is 5.01. The van der Waals surface area contributed by atoms with E-state index in [2.05, 4.69) is 10.3 Å². The number of aryl methyl sites for hydroxylation is 1. The summed E-state index contributed by atoms with van der Waals surface area (Å²) in [6, 6.07) is 7.40. The van der Waals surface area contributed by atoms with Crippen molar-refractivity contribution in [2.45, 2.75) is 51.1 Å². The molecule has 1 N–H and O–H groups in total. The van der Waals surface area contributed by atoms with E-state index in [0.29, 0.717) is 12.3 Å². The van der Waals surface area contributed by atoms with Gasteiger partial charge in [0, 0.05) is 5.41 Å². The monoisotopic (exact) mass is 339 g/mol. The number of hydrogen-bond donors (Lipinski definition) is 1. The second-order valence-electron chi connectivity index (χ2n) is 7.75. The molecular weight excluding hydrogens is 318 g/mol. The number of aromatic nitrogens is 1. The van der Waals surface area contributed by atoms with Crippen molar-refractivity contribution in [3.63, 3.8) is 0 Å². The minimum Gasteiger partial charge on any atom is -0.443 e. The molecule has 6 nitrogen and oxygen atoms in total. The number of hydrogen-bond acceptors (Lipinski definition) is 4. The van der Waals surface area contributed by atoms with Gasteiger partial charge in [-0.25, -0.2) is 9.78 Å². The van der Waals surface area contributed by atoms with Crippen molar-refractivity contribution in [1.82, 2.24) is 15.2 Å². The van der Waals surface area contributed by atoms with Crippen LogP contribution in [0.3, 0.4) is 0 Å². The number of nitrogens with one attached hydrogen (secondary N) is 1. The maximum absolute atomic E-state index is 13.1. The minimum absolute atomic E-state index is 0.0463. The van der Waals surface area contributed by atoms with E-state index >= 15 is 0 Å². The molecule has 2 aromatic rings. The summed E-state index contributed by atoms with van der Waals surface area (Å²) < 4.78 is 5.74. The molecule has 3 amide bonds. The van der Waals surface area contributed by atoms with Gasteiger partial charge in [0.05, 0.1) is 6.20 Å². The first kappa shape index (κ1) is 15.9. The molecule has 0 saturated carbocycles. The van der Waals surface area contributed by atoms with E-state index in [0.717, 1.165) is 23.3 Å². The maximum Gasteiger partial charge on any atom is 0.325 e. The summed E-state index contributed by atoms with van der Waals surface area (Å²) in [5.74, 6) is 0.880. The number of benzene rings is 1. The van der Waals surface area contributed by atoms with Gasteiger partial charge in [0.2, 0.25) is 5.89 Å². The van der Waals surface area contributed by atoms with E-state index < -0.39 is 11.6 Å². The number of urea groups is 1. The zero-order valence-corrected chi connectivity index (χ0v) is 14.6. The molecule has 4 rings (SSSR count). The van der Waals surface area contributed by atoms with Crippen molar-refractivity contribution < 1.29 is 14.0 Å². The highest BCUT2D eigenvalue weighted by molar-refractivity contribution is 6.07. The van der Waals surface area contributed by atoms with Crippen LogP contribution in [0.15, 0.2) is 34.9 Å². The Balaban J connectivity index is 1.62. The van der Waals surface area contributed by atoms with Gasteiger partial charge in [0.25, 0.3) is 5.91 Å². The van der Waals surface area contributed by atoms with Crippen LogP contribution in [-0.2, 0) is 28.7 Å². The lowest BCUT2D eigenvalue weighted by atomic mass is 9.92. The normalized spacial score (nSPS) is 22.6. The SMILES string of the molecule is CC(C)(C)c1cnc(CN2C(=O)NC3(CCc4ccccc43)C2=O)o1. The van der Waals surface area contributed by atoms with E-state index in [-0.39, 0.29) is 17.9 Å². The smallest absolute Gasteiger partial charge is 0.325 e. The van der Waals surface area contributed by atoms with Crippen LogP contribution in [-0.4, -0.2) is 21.8 Å². The summed E-state index contributed by atoms with van der Waals surface area (Å²) in [6.45, 7) is 6.12. The standard InChI is InChI=1S/C19H21N3O3/c1-18(2,3)14-10-20-15(25-14)11-22-16(23)19(21-17(22)24)9-8-12-6-4-5-7-13(12)19/h4-7,10H,8-9,11H2,1-3H3,(H,21,24). The topological polar surface area (TPSA) is 75.4 Å². The summed E-state index contributed by atoms with van der Waals surface area (Å²) in [7, 11) is 0. The van der Waals surface area contributed by atoms with Gasteiger partial charge in [-0.3, -0.25) is 9.69 Å². The number of oxazole rings is 1. The molecule has 1 aliphatic carbocycles. The molecule has 1 spiro atoms. The van der Waals surface area contributed by atoms with Crippen molar-refractivity contribution in [2.24, 2.45) is 0 Å². The van der Waals surface area contributed by atoms with Gasteiger partial charge in [-0.05, 0) is 24.0 Å². The Morgan fingerprint density at radius 1 is 1.28 bits per heavy atom. The fraction of sp³-hybridized carbons (Fsp3) is 0.421. The van der Waals surface area contributed by atoms with Crippen LogP contribution < -0.4 is 5.32 Å². The minimum atomic E-state index is -0.937. The zero-order chi connectivity index (χ0) is 17.8. The van der Waals surface area contributed by atoms with Gasteiger partial charge in [-0.15, -0.1) is 0 Å². The highest BCUT2D eigenvalue weighted by Gasteiger charge is 2.55. The quantitative estimate of drug-likeness (QED) is 0.854. The van der Waals surface area contributed by atoms with Gasteiger partial charge < -0.3 is 9.73 Å². The Kier molecular flexibility index (Phi) is 3.29. The van der Waals surface area contributed by atoms with Gasteiger partial charge >= 0.3 is 6.03 Å². The predicted octanol–water partition coefficient (Wildman–Crippen LogP) is 2.87. The fourth-order valence-corrected chi connectivity index (χ4v) is 3.60. The van der Waals surface area contributed by atoms with Gasteiger partial charge in [0.1, 0.15) is 17.8 Å². The summed E-state index contributed by atoms with van der Waals surface area (Å²) in [5, 5.41) is 2.91. The van der Waals surface area contributed by atoms with Crippen LogP contribution in [0.2, 0.25) is 0 Å². The summed E-state index contributed by atoms with van der Waals surface area (Å²) in [4.78, 5) is 31.0. The van der Waals surface area contributed by atoms with E-state index in [9.17, 15) is 9.59 Å². The lowest BCUT2D eigenvalue weighted by molar-refractivity contribution is -0.132. The van der Waals surface area contributed by atoms with Crippen LogP contribution in [0, 0.1) is 0 Å². The Bertz CT molecular complexity index is 865. The lowest BCUT2D eigenvalue weighted by Crippen LogP contribution is -2.41. The number of carbonyl (C=O) groups excluding carboxylic acids is 2. The number of rotatable bonds is 2. The molecule has 1 unspecified atom stereocenters. The molecule has 1 saturated heterocycles. The molecule has 6 heteroatoms. The highest BCUT2D eigenvalue weighted by Crippen LogP contribution is 2.41. The summed E-state index contributed by atoms with van der Waals surface area (Å²) in [6.07, 6.45) is 3.03. The van der Waals surface area contributed by atoms with Crippen LogP contribution >= 0.6 is 0 Å². The van der Waals surface area contributed by atoms with E-state index in [4.69, 9.17) is 4.42 Å². The summed E-state index contributed by atoms with van der Waals surface area (Å²) in [5.41, 5.74) is 0.907. The first-order chi connectivity index (χ1) is 11.8. The largest absolute Gasteiger partial charge is 0.443 e. The van der Waals surface area contributed by atoms with Gasteiger partial charge in [-0.1, -0.05) is 45.0 Å². The maximum atomic E-state index is 13.1. The molecule has 1 aromatic carbocycles. The number of fused-ring (bicyclic) bond motifs is 2. The molecule has 130 valence electrons. The number of nitrogens with zero attached hydrogens (tertiary/aromatic N) is 2. The summed E-state index contributed by atoms with van der Waals surface area (Å²) >= 11 is 0. The first-order valence-electron chi connectivity index (χ1n) is 8.49. The molecular formula is C19H21N3O3. The van der Waals surface area contributed by atoms with E-state index in [1.165, 1.54) is 4.90 Å². The average Bonchev–Trinajstić information content (AvgIpc) is 3.23. The van der Waals surface area contributed by atoms with Crippen molar-refractivity contribution in [1.29, 1.82) is 0 Å². The Hall–Kier alpha value is -2.63. The fourth-order valence-electron chi connectivity index (χ4n) is 3.60. The van der Waals surface area contributed by atoms with E-state index in [1.807, 2.05) is 45.0 Å². The molecule has 1 atom stereocenters. The molecule has 0 bridgehead atoms. The molecule has 1 fully saturated rings. The Morgan fingerprint density at radius 3 is 2.76 bits per heavy atom. The van der Waals surface area contributed by atoms with Crippen molar-refractivity contribution >= 4 is 11.9 Å². The molecule has 2 aliphatic rings. The molecule has 25 heavy (non-hydrogen) atoms. The second kappa shape index (κ2) is 5.18. The van der Waals surface area contributed by atoms with Crippen LogP contribution in [0.25, 0.3) is 0 Å². The zero-order valence-electron chi connectivity index (χ0n) is 14.6. The number of amides is 3. The lowest BCUT2D eigenvalue weighted by Gasteiger charge is -2.22.